The first-order valence-corrected chi connectivity index (χ1v) is 8.99. The molecule has 1 atom stereocenters. The number of amides is 1. The van der Waals surface area contributed by atoms with Crippen LogP contribution in [0.4, 0.5) is 24.5 Å². The summed E-state index contributed by atoms with van der Waals surface area (Å²) in [5.74, 6) is -1.02. The van der Waals surface area contributed by atoms with Crippen molar-refractivity contribution < 1.29 is 27.5 Å². The van der Waals surface area contributed by atoms with Crippen LogP contribution >= 0.6 is 0 Å². The molecule has 0 saturated carbocycles. The molecule has 1 saturated heterocycles. The summed E-state index contributed by atoms with van der Waals surface area (Å²) in [6.45, 7) is 6.85. The van der Waals surface area contributed by atoms with Gasteiger partial charge in [-0.05, 0) is 31.2 Å². The van der Waals surface area contributed by atoms with Crippen LogP contribution in [0.1, 0.15) is 17.3 Å². The molecule has 1 amide bonds. The van der Waals surface area contributed by atoms with Crippen LogP contribution in [0.15, 0.2) is 30.9 Å². The molecule has 1 aliphatic heterocycles. The van der Waals surface area contributed by atoms with Gasteiger partial charge < -0.3 is 15.0 Å². The van der Waals surface area contributed by atoms with E-state index in [9.17, 15) is 22.8 Å². The number of hydrogen-bond acceptors (Lipinski definition) is 5. The standard InChI is InChI=1S/C19H24F3N3O3/c1-3-17(26)23-16-11-13(5-6-14(16)19(27)28-4-2)25-9-7-24(8-10-25)12-15(20)18(21)22/h3,5-6,11,15,18H,1,4,7-10,12H2,2H3,(H,23,26). The second kappa shape index (κ2) is 10.1. The number of carbonyl (C=O) groups excluding carboxylic acids is 2. The number of halogens is 3. The molecule has 1 unspecified atom stereocenters. The van der Waals surface area contributed by atoms with Gasteiger partial charge in [-0.1, -0.05) is 6.58 Å². The van der Waals surface area contributed by atoms with Gasteiger partial charge in [0.05, 0.1) is 17.9 Å². The van der Waals surface area contributed by atoms with Gasteiger partial charge in [0, 0.05) is 38.4 Å². The molecule has 0 spiro atoms. The molecule has 0 radical (unpaired) electrons. The van der Waals surface area contributed by atoms with E-state index in [0.717, 1.165) is 11.8 Å². The predicted octanol–water partition coefficient (Wildman–Crippen LogP) is 2.71. The average Bonchev–Trinajstić information content (AvgIpc) is 2.68. The van der Waals surface area contributed by atoms with Gasteiger partial charge in [0.15, 0.2) is 6.17 Å². The van der Waals surface area contributed by atoms with Gasteiger partial charge in [-0.3, -0.25) is 9.69 Å². The highest BCUT2D eigenvalue weighted by Gasteiger charge is 2.26. The number of hydrogen-bond donors (Lipinski definition) is 1. The lowest BCUT2D eigenvalue weighted by Gasteiger charge is -2.36. The Morgan fingerprint density at radius 2 is 1.93 bits per heavy atom. The van der Waals surface area contributed by atoms with E-state index >= 15 is 0 Å². The minimum Gasteiger partial charge on any atom is -0.462 e. The van der Waals surface area contributed by atoms with Crippen LogP contribution in [-0.2, 0) is 9.53 Å². The Hall–Kier alpha value is -2.55. The molecule has 1 N–H and O–H groups in total. The Morgan fingerprint density at radius 3 is 2.50 bits per heavy atom. The first-order valence-electron chi connectivity index (χ1n) is 8.99. The van der Waals surface area contributed by atoms with Gasteiger partial charge in [0.1, 0.15) is 0 Å². The molecular formula is C19H24F3N3O3. The molecule has 1 heterocycles. The maximum atomic E-state index is 13.2. The van der Waals surface area contributed by atoms with Crippen molar-refractivity contribution >= 4 is 23.3 Å². The monoisotopic (exact) mass is 399 g/mol. The zero-order chi connectivity index (χ0) is 20.7. The lowest BCUT2D eigenvalue weighted by atomic mass is 10.1. The molecule has 6 nitrogen and oxygen atoms in total. The molecule has 154 valence electrons. The van der Waals surface area contributed by atoms with Gasteiger partial charge >= 0.3 is 5.97 Å². The van der Waals surface area contributed by atoms with Crippen molar-refractivity contribution in [1.29, 1.82) is 0 Å². The van der Waals surface area contributed by atoms with Crippen molar-refractivity contribution in [2.75, 3.05) is 49.5 Å². The van der Waals surface area contributed by atoms with E-state index < -0.39 is 24.5 Å². The fourth-order valence-electron chi connectivity index (χ4n) is 2.92. The Balaban J connectivity index is 2.11. The van der Waals surface area contributed by atoms with Gasteiger partial charge in [0.25, 0.3) is 6.43 Å². The Kier molecular flexibility index (Phi) is 7.86. The fourth-order valence-corrected chi connectivity index (χ4v) is 2.92. The zero-order valence-corrected chi connectivity index (χ0v) is 15.7. The third kappa shape index (κ3) is 5.72. The van der Waals surface area contributed by atoms with Crippen molar-refractivity contribution in [2.45, 2.75) is 19.5 Å². The third-order valence-electron chi connectivity index (χ3n) is 4.39. The van der Waals surface area contributed by atoms with Crippen molar-refractivity contribution in [3.8, 4) is 0 Å². The van der Waals surface area contributed by atoms with Crippen LogP contribution < -0.4 is 10.2 Å². The first kappa shape index (κ1) is 21.7. The van der Waals surface area contributed by atoms with E-state index in [0.29, 0.717) is 31.9 Å². The van der Waals surface area contributed by atoms with E-state index in [4.69, 9.17) is 4.74 Å². The van der Waals surface area contributed by atoms with Gasteiger partial charge in [-0.2, -0.15) is 0 Å². The number of ether oxygens (including phenoxy) is 1. The zero-order valence-electron chi connectivity index (χ0n) is 15.7. The largest absolute Gasteiger partial charge is 0.462 e. The number of piperazine rings is 1. The molecule has 0 aliphatic carbocycles. The highest BCUT2D eigenvalue weighted by molar-refractivity contribution is 6.05. The number of rotatable bonds is 8. The summed E-state index contributed by atoms with van der Waals surface area (Å²) in [6, 6.07) is 4.94. The molecule has 1 fully saturated rings. The Labute approximate surface area is 161 Å². The topological polar surface area (TPSA) is 61.9 Å². The van der Waals surface area contributed by atoms with Crippen LogP contribution in [0, 0.1) is 0 Å². The van der Waals surface area contributed by atoms with Gasteiger partial charge in [0.2, 0.25) is 5.91 Å². The van der Waals surface area contributed by atoms with E-state index in [1.807, 2.05) is 4.90 Å². The number of nitrogens with one attached hydrogen (secondary N) is 1. The molecule has 0 aromatic heterocycles. The molecule has 28 heavy (non-hydrogen) atoms. The summed E-state index contributed by atoms with van der Waals surface area (Å²) >= 11 is 0. The van der Waals surface area contributed by atoms with Crippen molar-refractivity contribution in [3.63, 3.8) is 0 Å². The lowest BCUT2D eigenvalue weighted by molar-refractivity contribution is -0.111. The summed E-state index contributed by atoms with van der Waals surface area (Å²) in [4.78, 5) is 27.4. The number of nitrogens with zero attached hydrogens (tertiary/aromatic N) is 2. The summed E-state index contributed by atoms with van der Waals surface area (Å²) in [5, 5.41) is 2.60. The molecular weight excluding hydrogens is 375 g/mol. The second-order valence-electron chi connectivity index (χ2n) is 6.28. The van der Waals surface area contributed by atoms with Crippen molar-refractivity contribution in [2.24, 2.45) is 0 Å². The molecule has 9 heteroatoms. The summed E-state index contributed by atoms with van der Waals surface area (Å²) in [5.41, 5.74) is 1.26. The summed E-state index contributed by atoms with van der Waals surface area (Å²) in [7, 11) is 0. The summed E-state index contributed by atoms with van der Waals surface area (Å²) in [6.07, 6.45) is -4.04. The quantitative estimate of drug-likeness (QED) is 0.538. The van der Waals surface area contributed by atoms with Crippen LogP contribution in [0.2, 0.25) is 0 Å². The van der Waals surface area contributed by atoms with E-state index in [2.05, 4.69) is 11.9 Å². The van der Waals surface area contributed by atoms with Gasteiger partial charge in [-0.15, -0.1) is 0 Å². The average molecular weight is 399 g/mol. The molecule has 0 bridgehead atoms. The van der Waals surface area contributed by atoms with Crippen molar-refractivity contribution in [1.82, 2.24) is 4.90 Å². The predicted molar refractivity (Wildman–Crippen MR) is 101 cm³/mol. The highest BCUT2D eigenvalue weighted by Crippen LogP contribution is 2.26. The van der Waals surface area contributed by atoms with Gasteiger partial charge in [-0.25, -0.2) is 18.0 Å². The van der Waals surface area contributed by atoms with Crippen molar-refractivity contribution in [3.05, 3.63) is 36.4 Å². The van der Waals surface area contributed by atoms with Crippen LogP contribution in [0.25, 0.3) is 0 Å². The van der Waals surface area contributed by atoms with E-state index in [-0.39, 0.29) is 18.7 Å². The molecule has 1 aromatic rings. The molecule has 2 rings (SSSR count). The number of esters is 1. The minimum absolute atomic E-state index is 0.200. The number of carbonyl (C=O) groups is 2. The van der Waals surface area contributed by atoms with Crippen LogP contribution in [0.3, 0.4) is 0 Å². The number of alkyl halides is 3. The lowest BCUT2D eigenvalue weighted by Crippen LogP contribution is -2.48. The summed E-state index contributed by atoms with van der Waals surface area (Å²) < 4.78 is 43.0. The minimum atomic E-state index is -2.98. The van der Waals surface area contributed by atoms with E-state index in [1.54, 1.807) is 30.0 Å². The second-order valence-corrected chi connectivity index (χ2v) is 6.28. The van der Waals surface area contributed by atoms with Crippen LogP contribution in [0.5, 0.6) is 0 Å². The number of anilines is 2. The molecule has 1 aromatic carbocycles. The Bertz CT molecular complexity index is 707. The highest BCUT2D eigenvalue weighted by atomic mass is 19.3. The smallest absolute Gasteiger partial charge is 0.340 e. The normalized spacial score (nSPS) is 16.0. The third-order valence-corrected chi connectivity index (χ3v) is 4.39. The van der Waals surface area contributed by atoms with Crippen LogP contribution in [-0.4, -0.2) is 68.7 Å². The first-order chi connectivity index (χ1) is 13.3. The maximum Gasteiger partial charge on any atom is 0.340 e. The SMILES string of the molecule is C=CC(=O)Nc1cc(N2CCN(CC(F)C(F)F)CC2)ccc1C(=O)OCC. The molecule has 1 aliphatic rings. The fraction of sp³-hybridized carbons (Fsp3) is 0.474. The number of benzene rings is 1. The van der Waals surface area contributed by atoms with E-state index in [1.165, 1.54) is 0 Å². The Morgan fingerprint density at radius 1 is 1.25 bits per heavy atom. The maximum absolute atomic E-state index is 13.2.